The number of aliphatic hydroxyl groups excluding tert-OH is 2. The van der Waals surface area contributed by atoms with E-state index in [1.807, 2.05) is 30.5 Å². The molecular formula is C28H33N3O5. The Morgan fingerprint density at radius 1 is 1.06 bits per heavy atom. The first-order chi connectivity index (χ1) is 17.6. The van der Waals surface area contributed by atoms with Crippen LogP contribution in [0.1, 0.15) is 32.7 Å². The lowest BCUT2D eigenvalue weighted by Crippen LogP contribution is -2.33. The molecule has 0 spiro atoms. The van der Waals surface area contributed by atoms with E-state index in [0.29, 0.717) is 37.6 Å². The van der Waals surface area contributed by atoms with Crippen LogP contribution in [0.5, 0.6) is 5.75 Å². The Kier molecular flexibility index (Phi) is 9.40. The van der Waals surface area contributed by atoms with Crippen molar-refractivity contribution in [3.05, 3.63) is 94.8 Å². The summed E-state index contributed by atoms with van der Waals surface area (Å²) < 4.78 is 11.9. The van der Waals surface area contributed by atoms with Crippen molar-refractivity contribution in [1.82, 2.24) is 15.2 Å². The standard InChI is InChI=1S/C28H33N3O5/c32-20-26(33)17-30-28(34)23-7-8-27-24(16-23)15-21-4-3-5-22(14-21)18-31(10-11-35-12-13-36-27)19-25-6-1-2-9-29-25/h1-9,14,16,26,32-33H,10-13,15,17-20H2,(H,30,34). The molecule has 2 bridgehead atoms. The monoisotopic (exact) mass is 491 g/mol. The van der Waals surface area contributed by atoms with Crippen LogP contribution in [0.4, 0.5) is 0 Å². The van der Waals surface area contributed by atoms with Gasteiger partial charge < -0.3 is 25.0 Å². The van der Waals surface area contributed by atoms with Crippen LogP contribution in [-0.2, 0) is 24.2 Å². The first-order valence-electron chi connectivity index (χ1n) is 12.2. The van der Waals surface area contributed by atoms with Crippen LogP contribution in [0.2, 0.25) is 0 Å². The molecular weight excluding hydrogens is 458 g/mol. The molecule has 0 fully saturated rings. The van der Waals surface area contributed by atoms with Crippen molar-refractivity contribution in [2.75, 3.05) is 39.5 Å². The van der Waals surface area contributed by atoms with E-state index >= 15 is 0 Å². The number of hydrogen-bond acceptors (Lipinski definition) is 7. The lowest BCUT2D eigenvalue weighted by Gasteiger charge is -2.23. The molecule has 0 aliphatic carbocycles. The second kappa shape index (κ2) is 13.1. The number of nitrogens with zero attached hydrogens (tertiary/aromatic N) is 2. The maximum Gasteiger partial charge on any atom is 0.251 e. The number of carbonyl (C=O) groups excluding carboxylic acids is 1. The molecule has 0 radical (unpaired) electrons. The fourth-order valence-corrected chi connectivity index (χ4v) is 4.13. The minimum Gasteiger partial charge on any atom is -0.491 e. The molecule has 2 aromatic carbocycles. The van der Waals surface area contributed by atoms with E-state index in [-0.39, 0.29) is 12.5 Å². The van der Waals surface area contributed by atoms with Crippen molar-refractivity contribution in [3.63, 3.8) is 0 Å². The first-order valence-corrected chi connectivity index (χ1v) is 12.2. The maximum atomic E-state index is 12.6. The molecule has 190 valence electrons. The number of nitrogens with one attached hydrogen (secondary N) is 1. The van der Waals surface area contributed by atoms with Crippen LogP contribution in [0.3, 0.4) is 0 Å². The molecule has 2 heterocycles. The fourth-order valence-electron chi connectivity index (χ4n) is 4.13. The number of amides is 1. The lowest BCUT2D eigenvalue weighted by atomic mass is 9.99. The zero-order valence-electron chi connectivity index (χ0n) is 20.3. The highest BCUT2D eigenvalue weighted by atomic mass is 16.5. The molecule has 36 heavy (non-hydrogen) atoms. The van der Waals surface area contributed by atoms with Crippen molar-refractivity contribution in [1.29, 1.82) is 0 Å². The average molecular weight is 492 g/mol. The smallest absolute Gasteiger partial charge is 0.251 e. The van der Waals surface area contributed by atoms with Crippen LogP contribution in [0.15, 0.2) is 66.9 Å². The summed E-state index contributed by atoms with van der Waals surface area (Å²) in [6.45, 7) is 3.31. The minimum absolute atomic E-state index is 0.0166. The lowest BCUT2D eigenvalue weighted by molar-refractivity contribution is 0.0754. The Morgan fingerprint density at radius 2 is 1.94 bits per heavy atom. The number of pyridine rings is 1. The van der Waals surface area contributed by atoms with Crippen LogP contribution in [-0.4, -0.2) is 71.6 Å². The number of aliphatic hydroxyl groups is 2. The maximum absolute atomic E-state index is 12.6. The van der Waals surface area contributed by atoms with Gasteiger partial charge in [-0.05, 0) is 47.0 Å². The first kappa shape index (κ1) is 25.8. The van der Waals surface area contributed by atoms with Crippen LogP contribution in [0.25, 0.3) is 0 Å². The summed E-state index contributed by atoms with van der Waals surface area (Å²) in [6, 6.07) is 19.7. The van der Waals surface area contributed by atoms with E-state index in [1.54, 1.807) is 12.1 Å². The number of ether oxygens (including phenoxy) is 2. The van der Waals surface area contributed by atoms with Crippen molar-refractivity contribution in [2.24, 2.45) is 0 Å². The molecule has 1 aliphatic heterocycles. The Morgan fingerprint density at radius 3 is 2.78 bits per heavy atom. The number of carbonyl (C=O) groups is 1. The van der Waals surface area contributed by atoms with E-state index in [9.17, 15) is 9.90 Å². The Hall–Kier alpha value is -3.30. The Bertz CT molecular complexity index is 1130. The average Bonchev–Trinajstić information content (AvgIpc) is 2.90. The van der Waals surface area contributed by atoms with Gasteiger partial charge in [-0.3, -0.25) is 14.7 Å². The van der Waals surface area contributed by atoms with Gasteiger partial charge in [0.1, 0.15) is 12.4 Å². The molecule has 1 amide bonds. The molecule has 1 atom stereocenters. The van der Waals surface area contributed by atoms with E-state index in [0.717, 1.165) is 36.5 Å². The predicted molar refractivity (Wildman–Crippen MR) is 136 cm³/mol. The molecule has 1 aliphatic rings. The number of rotatable bonds is 6. The van der Waals surface area contributed by atoms with Gasteiger partial charge in [-0.1, -0.05) is 30.3 Å². The summed E-state index contributed by atoms with van der Waals surface area (Å²) in [5.41, 5.74) is 4.69. The van der Waals surface area contributed by atoms with Gasteiger partial charge >= 0.3 is 0 Å². The third-order valence-corrected chi connectivity index (χ3v) is 5.97. The zero-order valence-corrected chi connectivity index (χ0v) is 20.3. The van der Waals surface area contributed by atoms with E-state index in [4.69, 9.17) is 14.6 Å². The number of fused-ring (bicyclic) bond motifs is 3. The topological polar surface area (TPSA) is 104 Å². The van der Waals surface area contributed by atoms with E-state index in [2.05, 4.69) is 39.5 Å². The van der Waals surface area contributed by atoms with Crippen molar-refractivity contribution < 1.29 is 24.5 Å². The van der Waals surface area contributed by atoms with Gasteiger partial charge in [0.2, 0.25) is 0 Å². The SMILES string of the molecule is O=C(NCC(O)CO)c1ccc2c(c1)Cc1cccc(c1)CN(Cc1ccccn1)CCOCCO2. The van der Waals surface area contributed by atoms with Crippen molar-refractivity contribution >= 4 is 5.91 Å². The highest BCUT2D eigenvalue weighted by Gasteiger charge is 2.15. The van der Waals surface area contributed by atoms with Crippen LogP contribution in [0, 0.1) is 0 Å². The zero-order chi connectivity index (χ0) is 25.2. The van der Waals surface area contributed by atoms with Crippen LogP contribution < -0.4 is 10.1 Å². The Balaban J connectivity index is 1.55. The van der Waals surface area contributed by atoms with Crippen molar-refractivity contribution in [3.8, 4) is 5.75 Å². The van der Waals surface area contributed by atoms with Gasteiger partial charge in [-0.2, -0.15) is 0 Å². The van der Waals surface area contributed by atoms with Crippen molar-refractivity contribution in [2.45, 2.75) is 25.6 Å². The minimum atomic E-state index is -0.991. The van der Waals surface area contributed by atoms with Gasteiger partial charge in [-0.25, -0.2) is 0 Å². The molecule has 1 aromatic heterocycles. The highest BCUT2D eigenvalue weighted by molar-refractivity contribution is 5.94. The second-order valence-corrected chi connectivity index (χ2v) is 8.86. The molecule has 3 aromatic rings. The number of benzene rings is 2. The normalized spacial score (nSPS) is 15.7. The summed E-state index contributed by atoms with van der Waals surface area (Å²) >= 11 is 0. The molecule has 8 nitrogen and oxygen atoms in total. The molecule has 0 saturated carbocycles. The second-order valence-electron chi connectivity index (χ2n) is 8.86. The highest BCUT2D eigenvalue weighted by Crippen LogP contribution is 2.25. The summed E-state index contributed by atoms with van der Waals surface area (Å²) in [6.07, 6.45) is 1.42. The van der Waals surface area contributed by atoms with Gasteiger partial charge in [0.15, 0.2) is 0 Å². The number of hydrogen-bond donors (Lipinski definition) is 3. The van der Waals surface area contributed by atoms with E-state index < -0.39 is 12.7 Å². The summed E-state index contributed by atoms with van der Waals surface area (Å²) in [4.78, 5) is 19.4. The van der Waals surface area contributed by atoms with E-state index in [1.165, 1.54) is 5.56 Å². The summed E-state index contributed by atoms with van der Waals surface area (Å²) in [5.74, 6) is 0.400. The molecule has 0 saturated heterocycles. The molecule has 4 rings (SSSR count). The van der Waals surface area contributed by atoms with Crippen LogP contribution >= 0.6 is 0 Å². The predicted octanol–water partition coefficient (Wildman–Crippen LogP) is 2.17. The molecule has 8 heteroatoms. The Labute approximate surface area is 211 Å². The summed E-state index contributed by atoms with van der Waals surface area (Å²) in [5, 5.41) is 21.2. The van der Waals surface area contributed by atoms with Gasteiger partial charge in [0.05, 0.1) is 31.6 Å². The molecule has 3 N–H and O–H groups in total. The number of aromatic nitrogens is 1. The molecule has 1 unspecified atom stereocenters. The third-order valence-electron chi connectivity index (χ3n) is 5.97. The van der Waals surface area contributed by atoms with Gasteiger partial charge in [-0.15, -0.1) is 0 Å². The fraction of sp³-hybridized carbons (Fsp3) is 0.357. The quantitative estimate of drug-likeness (QED) is 0.486. The largest absolute Gasteiger partial charge is 0.491 e. The van der Waals surface area contributed by atoms with Gasteiger partial charge in [0, 0.05) is 44.4 Å². The summed E-state index contributed by atoms with van der Waals surface area (Å²) in [7, 11) is 0. The third kappa shape index (κ3) is 7.60. The van der Waals surface area contributed by atoms with Gasteiger partial charge in [0.25, 0.3) is 5.91 Å².